The summed E-state index contributed by atoms with van der Waals surface area (Å²) >= 11 is 0. The summed E-state index contributed by atoms with van der Waals surface area (Å²) in [4.78, 5) is 11.9. The van der Waals surface area contributed by atoms with E-state index < -0.39 is 11.9 Å². The molecule has 0 saturated carbocycles. The van der Waals surface area contributed by atoms with Crippen LogP contribution in [0.25, 0.3) is 11.0 Å². The van der Waals surface area contributed by atoms with Crippen molar-refractivity contribution in [1.29, 1.82) is 0 Å². The fourth-order valence-corrected chi connectivity index (χ4v) is 2.30. The number of carbonyl (C=O) groups excluding carboxylic acids is 1. The van der Waals surface area contributed by atoms with Crippen LogP contribution in [0.2, 0.25) is 0 Å². The van der Waals surface area contributed by atoms with Crippen LogP contribution in [0.3, 0.4) is 0 Å². The van der Waals surface area contributed by atoms with E-state index in [4.69, 9.17) is 5.73 Å². The number of aryl methyl sites for hydroxylation is 1. The second kappa shape index (κ2) is 4.77. The zero-order valence-electron chi connectivity index (χ0n) is 11.0. The van der Waals surface area contributed by atoms with E-state index in [1.165, 1.54) is 0 Å². The van der Waals surface area contributed by atoms with Crippen molar-refractivity contribution in [3.05, 3.63) is 59.7 Å². The van der Waals surface area contributed by atoms with Crippen molar-refractivity contribution in [2.75, 3.05) is 0 Å². The summed E-state index contributed by atoms with van der Waals surface area (Å²) in [5.41, 5.74) is 8.99. The van der Waals surface area contributed by atoms with Crippen LogP contribution >= 0.6 is 0 Å². The summed E-state index contributed by atoms with van der Waals surface area (Å²) in [6.07, 6.45) is 0. The van der Waals surface area contributed by atoms with Crippen LogP contribution in [-0.4, -0.2) is 20.9 Å². The van der Waals surface area contributed by atoms with Gasteiger partial charge in [-0.3, -0.25) is 4.79 Å². The Balaban J connectivity index is 2.20. The van der Waals surface area contributed by atoms with Crippen LogP contribution in [0.1, 0.15) is 17.2 Å². The molecule has 3 aromatic rings. The largest absolute Gasteiger partial charge is 0.368 e. The lowest BCUT2D eigenvalue weighted by Crippen LogP contribution is -2.28. The van der Waals surface area contributed by atoms with Crippen LogP contribution in [0.5, 0.6) is 0 Å². The lowest BCUT2D eigenvalue weighted by molar-refractivity contribution is -0.120. The highest BCUT2D eigenvalue weighted by molar-refractivity contribution is 5.85. The number of primary amides is 1. The minimum Gasteiger partial charge on any atom is -0.368 e. The molecule has 1 atom stereocenters. The second-order valence-electron chi connectivity index (χ2n) is 4.74. The molecule has 1 amide bonds. The van der Waals surface area contributed by atoms with Gasteiger partial charge >= 0.3 is 0 Å². The predicted octanol–water partition coefficient (Wildman–Crippen LogP) is 1.81. The van der Waals surface area contributed by atoms with E-state index in [2.05, 4.69) is 10.3 Å². The van der Waals surface area contributed by atoms with Gasteiger partial charge in [-0.25, -0.2) is 4.68 Å². The Hall–Kier alpha value is -2.69. The van der Waals surface area contributed by atoms with Crippen LogP contribution < -0.4 is 5.73 Å². The number of aromatic nitrogens is 3. The first-order chi connectivity index (χ1) is 9.66. The number of rotatable bonds is 3. The van der Waals surface area contributed by atoms with Crippen LogP contribution in [0, 0.1) is 6.92 Å². The second-order valence-corrected chi connectivity index (χ2v) is 4.74. The summed E-state index contributed by atoms with van der Waals surface area (Å²) in [5.74, 6) is -0.454. The molecule has 1 aromatic heterocycles. The molecular formula is C15H14N4O. The first-order valence-corrected chi connectivity index (χ1v) is 6.32. The molecule has 0 aliphatic rings. The Morgan fingerprint density at radius 3 is 2.65 bits per heavy atom. The first kappa shape index (κ1) is 12.3. The number of nitrogens with two attached hydrogens (primary N) is 1. The van der Waals surface area contributed by atoms with E-state index in [9.17, 15) is 4.79 Å². The Morgan fingerprint density at radius 2 is 1.95 bits per heavy atom. The molecule has 0 bridgehead atoms. The molecule has 20 heavy (non-hydrogen) atoms. The van der Waals surface area contributed by atoms with Crippen molar-refractivity contribution in [3.63, 3.8) is 0 Å². The maximum absolute atomic E-state index is 11.9. The van der Waals surface area contributed by atoms with Gasteiger partial charge in [0.25, 0.3) is 0 Å². The highest BCUT2D eigenvalue weighted by Crippen LogP contribution is 2.22. The predicted molar refractivity (Wildman–Crippen MR) is 76.0 cm³/mol. The third kappa shape index (κ3) is 2.03. The molecule has 0 radical (unpaired) electrons. The number of nitrogens with zero attached hydrogens (tertiary/aromatic N) is 3. The van der Waals surface area contributed by atoms with Gasteiger partial charge in [-0.05, 0) is 30.2 Å². The van der Waals surface area contributed by atoms with Gasteiger partial charge in [0, 0.05) is 0 Å². The quantitative estimate of drug-likeness (QED) is 0.785. The zero-order chi connectivity index (χ0) is 14.1. The fraction of sp³-hybridized carbons (Fsp3) is 0.133. The highest BCUT2D eigenvalue weighted by atomic mass is 16.1. The summed E-state index contributed by atoms with van der Waals surface area (Å²) in [6.45, 7) is 1.98. The standard InChI is InChI=1S/C15H14N4O/c1-10-7-8-12-13(9-10)19(18-17-12)14(15(16)20)11-5-3-2-4-6-11/h2-9,14H,1H3,(H2,16,20). The summed E-state index contributed by atoms with van der Waals surface area (Å²) < 4.78 is 1.58. The molecule has 2 aromatic carbocycles. The van der Waals surface area contributed by atoms with Gasteiger partial charge in [0.2, 0.25) is 5.91 Å². The third-order valence-corrected chi connectivity index (χ3v) is 3.26. The molecule has 2 N–H and O–H groups in total. The Morgan fingerprint density at radius 1 is 1.20 bits per heavy atom. The van der Waals surface area contributed by atoms with Gasteiger partial charge in [-0.1, -0.05) is 41.6 Å². The molecular weight excluding hydrogens is 252 g/mol. The van der Waals surface area contributed by atoms with E-state index in [1.807, 2.05) is 55.5 Å². The van der Waals surface area contributed by atoms with Gasteiger partial charge in [0.05, 0.1) is 5.52 Å². The number of hydrogen-bond acceptors (Lipinski definition) is 3. The van der Waals surface area contributed by atoms with Crippen molar-refractivity contribution in [2.45, 2.75) is 13.0 Å². The molecule has 0 fully saturated rings. The minimum absolute atomic E-state index is 0.454. The van der Waals surface area contributed by atoms with E-state index in [0.717, 1.165) is 22.2 Å². The highest BCUT2D eigenvalue weighted by Gasteiger charge is 2.23. The SMILES string of the molecule is Cc1ccc2nnn(C(C(N)=O)c3ccccc3)c2c1. The molecule has 1 heterocycles. The molecule has 0 aliphatic heterocycles. The molecule has 1 unspecified atom stereocenters. The Labute approximate surface area is 116 Å². The van der Waals surface area contributed by atoms with Gasteiger partial charge in [-0.15, -0.1) is 5.10 Å². The number of amides is 1. The van der Waals surface area contributed by atoms with Crippen molar-refractivity contribution in [3.8, 4) is 0 Å². The minimum atomic E-state index is -0.650. The van der Waals surface area contributed by atoms with Crippen LogP contribution in [0.4, 0.5) is 0 Å². The molecule has 100 valence electrons. The zero-order valence-corrected chi connectivity index (χ0v) is 11.0. The van der Waals surface area contributed by atoms with Gasteiger partial charge in [-0.2, -0.15) is 0 Å². The molecule has 5 nitrogen and oxygen atoms in total. The Kier molecular flexibility index (Phi) is 2.95. The lowest BCUT2D eigenvalue weighted by atomic mass is 10.1. The van der Waals surface area contributed by atoms with E-state index in [-0.39, 0.29) is 0 Å². The first-order valence-electron chi connectivity index (χ1n) is 6.32. The molecule has 5 heteroatoms. The molecule has 3 rings (SSSR count). The molecule has 0 aliphatic carbocycles. The van der Waals surface area contributed by atoms with Crippen molar-refractivity contribution in [2.24, 2.45) is 5.73 Å². The normalized spacial score (nSPS) is 12.4. The number of hydrogen-bond donors (Lipinski definition) is 1. The molecule has 0 spiro atoms. The van der Waals surface area contributed by atoms with E-state index in [0.29, 0.717) is 0 Å². The number of carbonyl (C=O) groups is 1. The Bertz CT molecular complexity index is 764. The van der Waals surface area contributed by atoms with Crippen molar-refractivity contribution < 1.29 is 4.79 Å². The lowest BCUT2D eigenvalue weighted by Gasteiger charge is -2.14. The van der Waals surface area contributed by atoms with E-state index >= 15 is 0 Å². The molecule has 0 saturated heterocycles. The monoisotopic (exact) mass is 266 g/mol. The van der Waals surface area contributed by atoms with E-state index in [1.54, 1.807) is 4.68 Å². The smallest absolute Gasteiger partial charge is 0.246 e. The maximum atomic E-state index is 11.9. The van der Waals surface area contributed by atoms with Crippen LogP contribution in [0.15, 0.2) is 48.5 Å². The number of fused-ring (bicyclic) bond motifs is 1. The summed E-state index contributed by atoms with van der Waals surface area (Å²) in [5, 5.41) is 8.19. The fourth-order valence-electron chi connectivity index (χ4n) is 2.30. The average molecular weight is 266 g/mol. The van der Waals surface area contributed by atoms with Crippen LogP contribution in [-0.2, 0) is 4.79 Å². The maximum Gasteiger partial charge on any atom is 0.246 e. The summed E-state index contributed by atoms with van der Waals surface area (Å²) in [6, 6.07) is 14.5. The summed E-state index contributed by atoms with van der Waals surface area (Å²) in [7, 11) is 0. The van der Waals surface area contributed by atoms with Crippen molar-refractivity contribution in [1.82, 2.24) is 15.0 Å². The van der Waals surface area contributed by atoms with Gasteiger partial charge in [0.1, 0.15) is 5.52 Å². The van der Waals surface area contributed by atoms with Gasteiger partial charge in [0.15, 0.2) is 6.04 Å². The topological polar surface area (TPSA) is 73.8 Å². The average Bonchev–Trinajstić information content (AvgIpc) is 2.83. The number of benzene rings is 2. The third-order valence-electron chi connectivity index (χ3n) is 3.26. The van der Waals surface area contributed by atoms with Crippen molar-refractivity contribution >= 4 is 16.9 Å². The van der Waals surface area contributed by atoms with Gasteiger partial charge < -0.3 is 5.73 Å².